The van der Waals surface area contributed by atoms with E-state index >= 15 is 0 Å². The molecular formula is C20H31ClN2O2. The maximum atomic E-state index is 12.5. The summed E-state index contributed by atoms with van der Waals surface area (Å²) in [6.07, 6.45) is 7.04. The zero-order chi connectivity index (χ0) is 17.1. The van der Waals surface area contributed by atoms with Gasteiger partial charge >= 0.3 is 6.09 Å². The summed E-state index contributed by atoms with van der Waals surface area (Å²) in [5.74, 6) is 0. The van der Waals surface area contributed by atoms with Crippen LogP contribution in [0, 0.1) is 20.8 Å². The van der Waals surface area contributed by atoms with Gasteiger partial charge in [-0.25, -0.2) is 4.79 Å². The largest absolute Gasteiger partial charge is 1.00 e. The topological polar surface area (TPSA) is 42.8 Å². The highest BCUT2D eigenvalue weighted by atomic mass is 35.5. The molecule has 1 aliphatic carbocycles. The molecule has 0 bridgehead atoms. The number of likely N-dealkylation sites (tertiary alicyclic amines) is 1. The Labute approximate surface area is 157 Å². The normalized spacial score (nSPS) is 23.8. The molecule has 1 aromatic carbocycles. The van der Waals surface area contributed by atoms with E-state index < -0.39 is 0 Å². The van der Waals surface area contributed by atoms with Gasteiger partial charge in [-0.05, 0) is 51.2 Å². The van der Waals surface area contributed by atoms with E-state index in [2.05, 4.69) is 24.4 Å². The lowest BCUT2D eigenvalue weighted by Crippen LogP contribution is -3.15. The summed E-state index contributed by atoms with van der Waals surface area (Å²) in [5, 5.41) is 2.99. The minimum atomic E-state index is -0.291. The molecule has 1 heterocycles. The first-order chi connectivity index (χ1) is 11.5. The number of rotatable bonds is 3. The van der Waals surface area contributed by atoms with Crippen molar-refractivity contribution in [3.8, 4) is 0 Å². The molecule has 2 fully saturated rings. The molecule has 2 aliphatic rings. The molecule has 25 heavy (non-hydrogen) atoms. The van der Waals surface area contributed by atoms with Gasteiger partial charge in [0.15, 0.2) is 6.10 Å². The van der Waals surface area contributed by atoms with Crippen LogP contribution >= 0.6 is 0 Å². The second-order valence-corrected chi connectivity index (χ2v) is 7.60. The summed E-state index contributed by atoms with van der Waals surface area (Å²) in [5.41, 5.74) is 4.30. The third-order valence-corrected chi connectivity index (χ3v) is 5.64. The summed E-state index contributed by atoms with van der Waals surface area (Å²) >= 11 is 0. The molecule has 2 N–H and O–H groups in total. The first-order valence-electron chi connectivity index (χ1n) is 9.44. The number of amides is 1. The molecule has 140 valence electrons. The van der Waals surface area contributed by atoms with Crippen molar-refractivity contribution in [2.75, 3.05) is 18.4 Å². The minimum Gasteiger partial charge on any atom is -1.00 e. The first kappa shape index (κ1) is 20.1. The van der Waals surface area contributed by atoms with Crippen molar-refractivity contribution in [2.24, 2.45) is 0 Å². The van der Waals surface area contributed by atoms with Gasteiger partial charge in [-0.1, -0.05) is 17.7 Å². The van der Waals surface area contributed by atoms with Crippen LogP contribution in [0.1, 0.15) is 55.2 Å². The summed E-state index contributed by atoms with van der Waals surface area (Å²) < 4.78 is 5.89. The van der Waals surface area contributed by atoms with Gasteiger partial charge in [0.05, 0.1) is 13.1 Å². The van der Waals surface area contributed by atoms with E-state index in [0.29, 0.717) is 6.04 Å². The van der Waals surface area contributed by atoms with Crippen LogP contribution < -0.4 is 22.6 Å². The van der Waals surface area contributed by atoms with Crippen LogP contribution in [0.2, 0.25) is 0 Å². The Balaban J connectivity index is 0.00000225. The van der Waals surface area contributed by atoms with Crippen molar-refractivity contribution in [3.05, 3.63) is 28.8 Å². The lowest BCUT2D eigenvalue weighted by molar-refractivity contribution is -0.918. The number of carbonyl (C=O) groups is 1. The van der Waals surface area contributed by atoms with E-state index in [9.17, 15) is 4.79 Å². The number of anilines is 1. The lowest BCUT2D eigenvalue weighted by atomic mass is 9.91. The molecule has 2 unspecified atom stereocenters. The first-order valence-corrected chi connectivity index (χ1v) is 9.44. The predicted octanol–water partition coefficient (Wildman–Crippen LogP) is 0.154. The Morgan fingerprint density at radius 1 is 1.04 bits per heavy atom. The smallest absolute Gasteiger partial charge is 0.412 e. The number of nitrogens with one attached hydrogen (secondary N) is 2. The molecule has 2 atom stereocenters. The van der Waals surface area contributed by atoms with Crippen LogP contribution in [0.4, 0.5) is 10.5 Å². The van der Waals surface area contributed by atoms with E-state index in [1.807, 2.05) is 13.8 Å². The molecular weight excluding hydrogens is 336 g/mol. The Bertz CT molecular complexity index is 576. The summed E-state index contributed by atoms with van der Waals surface area (Å²) in [6, 6.07) is 4.69. The van der Waals surface area contributed by atoms with Gasteiger partial charge in [0.25, 0.3) is 0 Å². The Kier molecular flexibility index (Phi) is 7.14. The number of carbonyl (C=O) groups excluding carboxylic acids is 1. The Hall–Kier alpha value is -1.26. The third-order valence-electron chi connectivity index (χ3n) is 5.64. The second kappa shape index (κ2) is 8.91. The van der Waals surface area contributed by atoms with Crippen LogP contribution in [-0.4, -0.2) is 31.3 Å². The van der Waals surface area contributed by atoms with Gasteiger partial charge < -0.3 is 22.0 Å². The van der Waals surface area contributed by atoms with Gasteiger partial charge in [-0.3, -0.25) is 5.32 Å². The number of ether oxygens (including phenoxy) is 1. The summed E-state index contributed by atoms with van der Waals surface area (Å²) in [7, 11) is 0. The molecule has 1 saturated carbocycles. The van der Waals surface area contributed by atoms with E-state index in [1.165, 1.54) is 50.8 Å². The number of hydrogen-bond donors (Lipinski definition) is 2. The molecule has 4 nitrogen and oxygen atoms in total. The van der Waals surface area contributed by atoms with E-state index in [4.69, 9.17) is 4.74 Å². The molecule has 0 aromatic heterocycles. The number of benzene rings is 1. The number of aryl methyl sites for hydroxylation is 3. The zero-order valence-electron chi connectivity index (χ0n) is 15.7. The molecule has 1 aliphatic heterocycles. The van der Waals surface area contributed by atoms with E-state index in [0.717, 1.165) is 23.2 Å². The fourth-order valence-corrected chi connectivity index (χ4v) is 4.55. The second-order valence-electron chi connectivity index (χ2n) is 7.60. The van der Waals surface area contributed by atoms with Crippen molar-refractivity contribution < 1.29 is 26.8 Å². The van der Waals surface area contributed by atoms with Crippen molar-refractivity contribution in [1.29, 1.82) is 0 Å². The highest BCUT2D eigenvalue weighted by Crippen LogP contribution is 2.24. The standard InChI is InChI=1S/C20H30N2O2.ClH/c1-14-12-15(2)19(16(3)13-14)21-20(23)24-18-9-5-4-8-17(18)22-10-6-7-11-22;/h12-13,17-18H,4-11H2,1-3H3,(H,21,23);1H. The van der Waals surface area contributed by atoms with Gasteiger partial charge in [0, 0.05) is 24.9 Å². The third kappa shape index (κ3) is 4.89. The lowest BCUT2D eigenvalue weighted by Gasteiger charge is -2.34. The average molecular weight is 367 g/mol. The van der Waals surface area contributed by atoms with Crippen LogP contribution in [-0.2, 0) is 4.74 Å². The summed E-state index contributed by atoms with van der Waals surface area (Å²) in [6.45, 7) is 8.62. The van der Waals surface area contributed by atoms with Crippen molar-refractivity contribution in [2.45, 2.75) is 71.4 Å². The number of halogens is 1. The quantitative estimate of drug-likeness (QED) is 0.800. The van der Waals surface area contributed by atoms with Crippen LogP contribution in [0.5, 0.6) is 0 Å². The highest BCUT2D eigenvalue weighted by molar-refractivity contribution is 5.87. The van der Waals surface area contributed by atoms with Crippen LogP contribution in [0.25, 0.3) is 0 Å². The fraction of sp³-hybridized carbons (Fsp3) is 0.650. The SMILES string of the molecule is Cc1cc(C)c(NC(=O)OC2CCCCC2[NH+]2CCCC2)c(C)c1.[Cl-]. The minimum absolute atomic E-state index is 0. The highest BCUT2D eigenvalue weighted by Gasteiger charge is 2.37. The Morgan fingerprint density at radius 3 is 2.28 bits per heavy atom. The van der Waals surface area contributed by atoms with Gasteiger partial charge in [-0.15, -0.1) is 0 Å². The molecule has 1 amide bonds. The van der Waals surface area contributed by atoms with Crippen molar-refractivity contribution in [1.82, 2.24) is 0 Å². The number of quaternary nitrogens is 1. The predicted molar refractivity (Wildman–Crippen MR) is 96.7 cm³/mol. The maximum absolute atomic E-state index is 12.5. The molecule has 5 heteroatoms. The van der Waals surface area contributed by atoms with E-state index in [1.54, 1.807) is 4.90 Å². The van der Waals surface area contributed by atoms with Crippen molar-refractivity contribution in [3.63, 3.8) is 0 Å². The zero-order valence-corrected chi connectivity index (χ0v) is 16.4. The molecule has 0 spiro atoms. The summed E-state index contributed by atoms with van der Waals surface area (Å²) in [4.78, 5) is 14.1. The molecule has 3 rings (SSSR count). The maximum Gasteiger partial charge on any atom is 0.412 e. The number of hydrogen-bond acceptors (Lipinski definition) is 2. The van der Waals surface area contributed by atoms with Crippen molar-refractivity contribution >= 4 is 11.8 Å². The van der Waals surface area contributed by atoms with Gasteiger partial charge in [-0.2, -0.15) is 0 Å². The average Bonchev–Trinajstić information content (AvgIpc) is 3.05. The monoisotopic (exact) mass is 366 g/mol. The van der Waals surface area contributed by atoms with Crippen LogP contribution in [0.3, 0.4) is 0 Å². The van der Waals surface area contributed by atoms with Crippen LogP contribution in [0.15, 0.2) is 12.1 Å². The molecule has 0 radical (unpaired) electrons. The van der Waals surface area contributed by atoms with Gasteiger partial charge in [0.1, 0.15) is 6.04 Å². The molecule has 1 saturated heterocycles. The van der Waals surface area contributed by atoms with Gasteiger partial charge in [0.2, 0.25) is 0 Å². The molecule has 1 aromatic rings. The van der Waals surface area contributed by atoms with E-state index in [-0.39, 0.29) is 24.6 Å². The fourth-order valence-electron chi connectivity index (χ4n) is 4.55. The Morgan fingerprint density at radius 2 is 1.64 bits per heavy atom.